The van der Waals surface area contributed by atoms with E-state index in [1.165, 1.54) is 6.92 Å². The number of aliphatic hydroxyl groups is 10. The first-order valence-corrected chi connectivity index (χ1v) is 10.4. The van der Waals surface area contributed by atoms with Crippen LogP contribution in [0.1, 0.15) is 6.92 Å². The lowest BCUT2D eigenvalue weighted by atomic mass is 9.96. The summed E-state index contributed by atoms with van der Waals surface area (Å²) in [6, 6.07) is 0. The third-order valence-corrected chi connectivity index (χ3v) is 6.05. The molecule has 10 N–H and O–H groups in total. The average Bonchev–Trinajstić information content (AvgIpc) is 2.80. The van der Waals surface area contributed by atoms with E-state index in [-0.39, 0.29) is 0 Å². The minimum atomic E-state index is -1.83. The van der Waals surface area contributed by atoms with Crippen LogP contribution in [0.5, 0.6) is 0 Å². The van der Waals surface area contributed by atoms with Crippen LogP contribution < -0.4 is 0 Å². The second-order valence-electron chi connectivity index (χ2n) is 8.32. The highest BCUT2D eigenvalue weighted by Crippen LogP contribution is 2.32. The first-order chi connectivity index (χ1) is 15.5. The Morgan fingerprint density at radius 3 is 1.73 bits per heavy atom. The molecule has 15 nitrogen and oxygen atoms in total. The monoisotopic (exact) mass is 488 g/mol. The summed E-state index contributed by atoms with van der Waals surface area (Å²) in [5, 5.41) is 99.8. The van der Waals surface area contributed by atoms with Gasteiger partial charge >= 0.3 is 0 Å². The molecule has 0 aromatic carbocycles. The van der Waals surface area contributed by atoms with Crippen LogP contribution in [-0.2, 0) is 23.7 Å². The fourth-order valence-corrected chi connectivity index (χ4v) is 3.98. The van der Waals surface area contributed by atoms with Crippen molar-refractivity contribution in [3.63, 3.8) is 0 Å². The van der Waals surface area contributed by atoms with E-state index in [1.807, 2.05) is 0 Å². The van der Waals surface area contributed by atoms with Crippen molar-refractivity contribution in [3.05, 3.63) is 0 Å². The molecule has 0 bridgehead atoms. The Morgan fingerprint density at radius 1 is 0.545 bits per heavy atom. The number of aliphatic hydroxyl groups excluding tert-OH is 10. The van der Waals surface area contributed by atoms with Crippen molar-refractivity contribution in [2.75, 3.05) is 13.2 Å². The molecule has 15 heteroatoms. The predicted octanol–water partition coefficient (Wildman–Crippen LogP) is -6.55. The van der Waals surface area contributed by atoms with Crippen molar-refractivity contribution in [2.24, 2.45) is 0 Å². The molecular formula is C18H32O15. The molecule has 3 saturated heterocycles. The van der Waals surface area contributed by atoms with E-state index >= 15 is 0 Å². The number of rotatable bonds is 6. The summed E-state index contributed by atoms with van der Waals surface area (Å²) in [6.07, 6.45) is -24.1. The van der Waals surface area contributed by atoms with Crippen molar-refractivity contribution in [1.29, 1.82) is 0 Å². The third kappa shape index (κ3) is 5.32. The summed E-state index contributed by atoms with van der Waals surface area (Å²) in [6.45, 7) is -0.128. The Bertz CT molecular complexity index is 624. The summed E-state index contributed by atoms with van der Waals surface area (Å²) in [7, 11) is 0. The van der Waals surface area contributed by atoms with Crippen LogP contribution in [0, 0.1) is 0 Å². The summed E-state index contributed by atoms with van der Waals surface area (Å²) in [5.74, 6) is 0. The van der Waals surface area contributed by atoms with Crippen LogP contribution >= 0.6 is 0 Å². The molecule has 0 aliphatic carbocycles. The highest BCUT2D eigenvalue weighted by molar-refractivity contribution is 4.95. The van der Waals surface area contributed by atoms with Gasteiger partial charge < -0.3 is 74.7 Å². The van der Waals surface area contributed by atoms with Gasteiger partial charge in [-0.25, -0.2) is 0 Å². The average molecular weight is 488 g/mol. The molecule has 0 amide bonds. The SMILES string of the molecule is CC1O[C@@H](O[C@H]2C(O)[C@@H](O)C(CO)O[C@H]2O[C@@H]2C(CO)OC(O)[C@@H](O)C2O)[C@@H](O)C(O)[C@@H]1O. The van der Waals surface area contributed by atoms with Crippen molar-refractivity contribution >= 4 is 0 Å². The Kier molecular flexibility index (Phi) is 8.99. The van der Waals surface area contributed by atoms with E-state index in [0.717, 1.165) is 0 Å². The summed E-state index contributed by atoms with van der Waals surface area (Å²) in [5.41, 5.74) is 0. The van der Waals surface area contributed by atoms with Crippen molar-refractivity contribution in [1.82, 2.24) is 0 Å². The molecule has 7 unspecified atom stereocenters. The smallest absolute Gasteiger partial charge is 0.187 e. The molecule has 194 valence electrons. The lowest BCUT2D eigenvalue weighted by Crippen LogP contribution is -2.66. The molecule has 3 fully saturated rings. The largest absolute Gasteiger partial charge is 0.394 e. The van der Waals surface area contributed by atoms with Gasteiger partial charge in [0.1, 0.15) is 67.1 Å². The van der Waals surface area contributed by atoms with Gasteiger partial charge in [-0.05, 0) is 6.92 Å². The molecule has 33 heavy (non-hydrogen) atoms. The number of hydrogen-bond donors (Lipinski definition) is 10. The van der Waals surface area contributed by atoms with Gasteiger partial charge in [-0.3, -0.25) is 0 Å². The first-order valence-electron chi connectivity index (χ1n) is 10.4. The minimum absolute atomic E-state index is 0.760. The van der Waals surface area contributed by atoms with Gasteiger partial charge in [0, 0.05) is 0 Å². The molecule has 0 radical (unpaired) electrons. The van der Waals surface area contributed by atoms with Gasteiger partial charge in [0.15, 0.2) is 18.9 Å². The van der Waals surface area contributed by atoms with Crippen molar-refractivity contribution in [2.45, 2.75) is 99.0 Å². The Morgan fingerprint density at radius 2 is 1.12 bits per heavy atom. The zero-order chi connectivity index (χ0) is 24.6. The molecule has 3 rings (SSSR count). The first kappa shape index (κ1) is 27.0. The maximum absolute atomic E-state index is 10.6. The van der Waals surface area contributed by atoms with Crippen LogP contribution in [0.3, 0.4) is 0 Å². The molecule has 3 aliphatic rings. The van der Waals surface area contributed by atoms with E-state index in [9.17, 15) is 51.1 Å². The van der Waals surface area contributed by atoms with Crippen LogP contribution in [0.2, 0.25) is 0 Å². The number of hydrogen-bond acceptors (Lipinski definition) is 15. The lowest BCUT2D eigenvalue weighted by molar-refractivity contribution is -0.385. The second-order valence-corrected chi connectivity index (χ2v) is 8.32. The zero-order valence-electron chi connectivity index (χ0n) is 17.6. The van der Waals surface area contributed by atoms with Crippen molar-refractivity contribution in [3.8, 4) is 0 Å². The normalized spacial score (nSPS) is 53.7. The minimum Gasteiger partial charge on any atom is -0.394 e. The third-order valence-electron chi connectivity index (χ3n) is 6.05. The van der Waals surface area contributed by atoms with E-state index in [2.05, 4.69) is 0 Å². The van der Waals surface area contributed by atoms with Crippen LogP contribution in [0.4, 0.5) is 0 Å². The molecule has 0 aromatic rings. The maximum Gasteiger partial charge on any atom is 0.187 e. The molecule has 0 saturated carbocycles. The molecule has 3 aliphatic heterocycles. The zero-order valence-corrected chi connectivity index (χ0v) is 17.6. The van der Waals surface area contributed by atoms with Crippen LogP contribution in [0.15, 0.2) is 0 Å². The topological polar surface area (TPSA) is 248 Å². The maximum atomic E-state index is 10.6. The summed E-state index contributed by atoms with van der Waals surface area (Å²) in [4.78, 5) is 0. The molecule has 15 atom stereocenters. The Balaban J connectivity index is 1.83. The quantitative estimate of drug-likeness (QED) is 0.167. The van der Waals surface area contributed by atoms with Gasteiger partial charge in [0.25, 0.3) is 0 Å². The fourth-order valence-electron chi connectivity index (χ4n) is 3.98. The second kappa shape index (κ2) is 11.0. The van der Waals surface area contributed by atoms with Gasteiger partial charge in [-0.2, -0.15) is 0 Å². The summed E-state index contributed by atoms with van der Waals surface area (Å²) < 4.78 is 26.9. The van der Waals surface area contributed by atoms with E-state index < -0.39 is 105 Å². The highest BCUT2D eigenvalue weighted by Gasteiger charge is 2.53. The number of ether oxygens (including phenoxy) is 5. The van der Waals surface area contributed by atoms with Gasteiger partial charge in [0.2, 0.25) is 0 Å². The van der Waals surface area contributed by atoms with Gasteiger partial charge in [-0.1, -0.05) is 0 Å². The van der Waals surface area contributed by atoms with Crippen LogP contribution in [-0.4, -0.2) is 156 Å². The van der Waals surface area contributed by atoms with Crippen molar-refractivity contribution < 1.29 is 74.7 Å². The van der Waals surface area contributed by atoms with E-state index in [4.69, 9.17) is 23.7 Å². The Labute approximate surface area is 187 Å². The Hall–Kier alpha value is -0.600. The van der Waals surface area contributed by atoms with E-state index in [1.54, 1.807) is 0 Å². The highest BCUT2D eigenvalue weighted by atomic mass is 16.8. The van der Waals surface area contributed by atoms with E-state index in [0.29, 0.717) is 0 Å². The lowest BCUT2D eigenvalue weighted by Gasteiger charge is -2.48. The standard InChI is InChI=1S/C18H32O15/c1-4-7(21)9(23)13(27)17(29-4)33-15-10(24)8(22)5(2-19)31-18(15)32-14-6(3-20)30-16(28)12(26)11(14)25/h4-28H,2-3H2,1H3/t4?,5?,6?,7-,8+,9?,10?,11?,12+,13+,14-,15+,16?,17+,18+/m1/s1. The predicted molar refractivity (Wildman–Crippen MR) is 99.8 cm³/mol. The molecular weight excluding hydrogens is 456 g/mol. The molecule has 0 spiro atoms. The molecule has 3 heterocycles. The molecule has 0 aromatic heterocycles. The fraction of sp³-hybridized carbons (Fsp3) is 1.00. The summed E-state index contributed by atoms with van der Waals surface area (Å²) >= 11 is 0. The van der Waals surface area contributed by atoms with Crippen LogP contribution in [0.25, 0.3) is 0 Å². The van der Waals surface area contributed by atoms with Gasteiger partial charge in [0.05, 0.1) is 19.3 Å². The van der Waals surface area contributed by atoms with Gasteiger partial charge in [-0.15, -0.1) is 0 Å².